The molecule has 15 heavy (non-hydrogen) atoms. The molecule has 1 aromatic carbocycles. The van der Waals surface area contributed by atoms with Crippen LogP contribution >= 0.6 is 0 Å². The predicted molar refractivity (Wildman–Crippen MR) is 51.8 cm³/mol. The molecule has 1 saturated heterocycles. The summed E-state index contributed by atoms with van der Waals surface area (Å²) in [5.74, 6) is 1.55. The normalized spacial score (nSPS) is 28.3. The van der Waals surface area contributed by atoms with Crippen LogP contribution in [0.15, 0.2) is 18.2 Å². The van der Waals surface area contributed by atoms with Crippen LogP contribution < -0.4 is 9.47 Å². The van der Waals surface area contributed by atoms with E-state index >= 15 is 0 Å². The van der Waals surface area contributed by atoms with E-state index in [0.29, 0.717) is 13.4 Å². The highest BCUT2D eigenvalue weighted by atomic mass is 16.7. The largest absolute Gasteiger partial charge is 0.454 e. The average Bonchev–Trinajstić information content (AvgIpc) is 2.84. The lowest BCUT2D eigenvalue weighted by Gasteiger charge is -2.10. The molecule has 2 heterocycles. The Bertz CT molecular complexity index is 377. The minimum absolute atomic E-state index is 0.153. The van der Waals surface area contributed by atoms with E-state index in [2.05, 4.69) is 0 Å². The SMILES string of the molecule is C[C@H]1CO[C@H](c2ccc3c(c2)OCO3)O1. The van der Waals surface area contributed by atoms with Crippen LogP contribution in [0.5, 0.6) is 11.5 Å². The van der Waals surface area contributed by atoms with Gasteiger partial charge in [0.1, 0.15) is 0 Å². The van der Waals surface area contributed by atoms with Crippen molar-refractivity contribution in [2.75, 3.05) is 13.4 Å². The van der Waals surface area contributed by atoms with Gasteiger partial charge >= 0.3 is 0 Å². The lowest BCUT2D eigenvalue weighted by atomic mass is 10.2. The third-order valence-corrected chi connectivity index (χ3v) is 2.51. The summed E-state index contributed by atoms with van der Waals surface area (Å²) >= 11 is 0. The first kappa shape index (κ1) is 9.00. The summed E-state index contributed by atoms with van der Waals surface area (Å²) in [4.78, 5) is 0. The van der Waals surface area contributed by atoms with Gasteiger partial charge in [-0.2, -0.15) is 0 Å². The van der Waals surface area contributed by atoms with Crippen LogP contribution in [0.3, 0.4) is 0 Å². The Morgan fingerprint density at radius 2 is 2.07 bits per heavy atom. The minimum Gasteiger partial charge on any atom is -0.454 e. The Labute approximate surface area is 87.7 Å². The third-order valence-electron chi connectivity index (χ3n) is 2.51. The molecule has 4 nitrogen and oxygen atoms in total. The lowest BCUT2D eigenvalue weighted by molar-refractivity contribution is -0.0572. The smallest absolute Gasteiger partial charge is 0.231 e. The minimum atomic E-state index is -0.269. The van der Waals surface area contributed by atoms with Crippen LogP contribution in [0.2, 0.25) is 0 Å². The van der Waals surface area contributed by atoms with Gasteiger partial charge in [0.15, 0.2) is 17.8 Å². The molecule has 80 valence electrons. The molecule has 1 aromatic rings. The van der Waals surface area contributed by atoms with Crippen LogP contribution in [0, 0.1) is 0 Å². The average molecular weight is 208 g/mol. The van der Waals surface area contributed by atoms with Gasteiger partial charge < -0.3 is 18.9 Å². The Morgan fingerprint density at radius 3 is 2.87 bits per heavy atom. The second-order valence-electron chi connectivity index (χ2n) is 3.72. The topological polar surface area (TPSA) is 36.9 Å². The number of hydrogen-bond acceptors (Lipinski definition) is 4. The summed E-state index contributed by atoms with van der Waals surface area (Å²) in [6.45, 7) is 2.92. The van der Waals surface area contributed by atoms with Crippen molar-refractivity contribution in [2.24, 2.45) is 0 Å². The van der Waals surface area contributed by atoms with Gasteiger partial charge in [0.05, 0.1) is 12.7 Å². The molecular weight excluding hydrogens is 196 g/mol. The van der Waals surface area contributed by atoms with Crippen LogP contribution in [0.25, 0.3) is 0 Å². The van der Waals surface area contributed by atoms with Crippen molar-refractivity contribution in [3.8, 4) is 11.5 Å². The van der Waals surface area contributed by atoms with Gasteiger partial charge in [0, 0.05) is 5.56 Å². The molecule has 0 radical (unpaired) electrons. The second-order valence-corrected chi connectivity index (χ2v) is 3.72. The number of rotatable bonds is 1. The maximum absolute atomic E-state index is 5.59. The summed E-state index contributed by atoms with van der Waals surface area (Å²) in [6, 6.07) is 5.73. The monoisotopic (exact) mass is 208 g/mol. The van der Waals surface area contributed by atoms with E-state index in [0.717, 1.165) is 17.1 Å². The van der Waals surface area contributed by atoms with E-state index in [1.165, 1.54) is 0 Å². The quantitative estimate of drug-likeness (QED) is 0.705. The zero-order valence-electron chi connectivity index (χ0n) is 8.43. The zero-order valence-corrected chi connectivity index (χ0v) is 8.43. The Hall–Kier alpha value is -1.26. The van der Waals surface area contributed by atoms with E-state index in [4.69, 9.17) is 18.9 Å². The standard InChI is InChI=1S/C11H12O4/c1-7-5-12-11(15-7)8-2-3-9-10(4-8)14-6-13-9/h2-4,7,11H,5-6H2,1H3/t7-,11-/m0/s1. The van der Waals surface area contributed by atoms with E-state index < -0.39 is 0 Å². The van der Waals surface area contributed by atoms with Crippen LogP contribution in [0.1, 0.15) is 18.8 Å². The van der Waals surface area contributed by atoms with E-state index in [1.54, 1.807) is 0 Å². The van der Waals surface area contributed by atoms with Gasteiger partial charge in [-0.1, -0.05) is 0 Å². The molecule has 0 saturated carbocycles. The molecule has 3 rings (SSSR count). The fourth-order valence-electron chi connectivity index (χ4n) is 1.75. The van der Waals surface area contributed by atoms with Gasteiger partial charge in [-0.15, -0.1) is 0 Å². The highest BCUT2D eigenvalue weighted by Crippen LogP contribution is 2.36. The molecule has 0 N–H and O–H groups in total. The first-order valence-electron chi connectivity index (χ1n) is 4.99. The van der Waals surface area contributed by atoms with E-state index in [9.17, 15) is 0 Å². The molecule has 4 heteroatoms. The summed E-state index contributed by atoms with van der Waals surface area (Å²) in [7, 11) is 0. The van der Waals surface area contributed by atoms with Gasteiger partial charge in [0.2, 0.25) is 6.79 Å². The molecule has 0 aromatic heterocycles. The maximum Gasteiger partial charge on any atom is 0.231 e. The van der Waals surface area contributed by atoms with Crippen LogP contribution in [-0.4, -0.2) is 19.5 Å². The zero-order chi connectivity index (χ0) is 10.3. The van der Waals surface area contributed by atoms with E-state index in [1.807, 2.05) is 25.1 Å². The maximum atomic E-state index is 5.59. The van der Waals surface area contributed by atoms with Crippen molar-refractivity contribution in [1.29, 1.82) is 0 Å². The third kappa shape index (κ3) is 1.56. The number of benzene rings is 1. The molecule has 1 fully saturated rings. The highest BCUT2D eigenvalue weighted by Gasteiger charge is 2.25. The summed E-state index contributed by atoms with van der Waals surface area (Å²) in [5.41, 5.74) is 0.976. The molecular formula is C11H12O4. The number of fused-ring (bicyclic) bond motifs is 1. The van der Waals surface area contributed by atoms with Crippen molar-refractivity contribution >= 4 is 0 Å². The van der Waals surface area contributed by atoms with Gasteiger partial charge in [-0.05, 0) is 25.1 Å². The Balaban J connectivity index is 1.87. The van der Waals surface area contributed by atoms with Gasteiger partial charge in [0.25, 0.3) is 0 Å². The number of hydrogen-bond donors (Lipinski definition) is 0. The Kier molecular flexibility index (Phi) is 2.04. The second kappa shape index (κ2) is 3.40. The summed E-state index contributed by atoms with van der Waals surface area (Å²) < 4.78 is 21.6. The summed E-state index contributed by atoms with van der Waals surface area (Å²) in [5, 5.41) is 0. The fraction of sp³-hybridized carbons (Fsp3) is 0.455. The van der Waals surface area contributed by atoms with Crippen LogP contribution in [-0.2, 0) is 9.47 Å². The van der Waals surface area contributed by atoms with Crippen molar-refractivity contribution in [1.82, 2.24) is 0 Å². The molecule has 2 atom stereocenters. The van der Waals surface area contributed by atoms with Crippen molar-refractivity contribution in [3.05, 3.63) is 23.8 Å². The first-order valence-corrected chi connectivity index (χ1v) is 4.99. The number of ether oxygens (including phenoxy) is 4. The highest BCUT2D eigenvalue weighted by molar-refractivity contribution is 5.44. The molecule has 0 amide bonds. The van der Waals surface area contributed by atoms with Crippen molar-refractivity contribution in [3.63, 3.8) is 0 Å². The van der Waals surface area contributed by atoms with E-state index in [-0.39, 0.29) is 12.4 Å². The predicted octanol–water partition coefficient (Wildman–Crippen LogP) is 1.85. The molecule has 0 aliphatic carbocycles. The summed E-state index contributed by atoms with van der Waals surface area (Å²) in [6.07, 6.45) is -0.116. The Morgan fingerprint density at radius 1 is 1.20 bits per heavy atom. The lowest BCUT2D eigenvalue weighted by Crippen LogP contribution is -2.02. The van der Waals surface area contributed by atoms with Crippen molar-refractivity contribution in [2.45, 2.75) is 19.3 Å². The molecule has 0 unspecified atom stereocenters. The fourth-order valence-corrected chi connectivity index (χ4v) is 1.75. The van der Waals surface area contributed by atoms with Crippen molar-refractivity contribution < 1.29 is 18.9 Å². The first-order chi connectivity index (χ1) is 7.33. The molecule has 0 bridgehead atoms. The van der Waals surface area contributed by atoms with Gasteiger partial charge in [-0.25, -0.2) is 0 Å². The van der Waals surface area contributed by atoms with Crippen LogP contribution in [0.4, 0.5) is 0 Å². The molecule has 0 spiro atoms. The molecule has 2 aliphatic rings. The molecule has 2 aliphatic heterocycles. The van der Waals surface area contributed by atoms with Gasteiger partial charge in [-0.3, -0.25) is 0 Å².